The molecule has 6 heteroatoms. The first-order valence-corrected chi connectivity index (χ1v) is 8.53. The summed E-state index contributed by atoms with van der Waals surface area (Å²) in [6, 6.07) is 14.1. The van der Waals surface area contributed by atoms with Crippen molar-refractivity contribution in [3.05, 3.63) is 59.7 Å². The summed E-state index contributed by atoms with van der Waals surface area (Å²) < 4.78 is 11.3. The fourth-order valence-corrected chi connectivity index (χ4v) is 2.98. The molecular formula is C20H21NO5. The molecule has 136 valence electrons. The van der Waals surface area contributed by atoms with E-state index in [2.05, 4.69) is 12.2 Å². The molecular weight excluding hydrogens is 334 g/mol. The lowest BCUT2D eigenvalue weighted by Crippen LogP contribution is -2.33. The zero-order valence-electron chi connectivity index (χ0n) is 14.5. The lowest BCUT2D eigenvalue weighted by molar-refractivity contribution is -0.122. The van der Waals surface area contributed by atoms with Gasteiger partial charge in [0.15, 0.2) is 0 Å². The number of ether oxygens (including phenoxy) is 2. The Morgan fingerprint density at radius 1 is 1.19 bits per heavy atom. The maximum Gasteiger partial charge on any atom is 0.335 e. The van der Waals surface area contributed by atoms with E-state index in [1.165, 1.54) is 12.1 Å². The van der Waals surface area contributed by atoms with Crippen LogP contribution < -0.4 is 14.8 Å². The summed E-state index contributed by atoms with van der Waals surface area (Å²) in [6.07, 6.45) is 0.116. The maximum absolute atomic E-state index is 12.1. The summed E-state index contributed by atoms with van der Waals surface area (Å²) in [5.41, 5.74) is 1.30. The maximum atomic E-state index is 12.1. The number of nitrogens with one attached hydrogen (secondary N) is 1. The van der Waals surface area contributed by atoms with E-state index in [9.17, 15) is 9.59 Å². The Morgan fingerprint density at radius 3 is 2.77 bits per heavy atom. The van der Waals surface area contributed by atoms with Gasteiger partial charge in [-0.15, -0.1) is 0 Å². The second-order valence-corrected chi connectivity index (χ2v) is 6.22. The molecule has 1 aliphatic rings. The number of rotatable bonds is 7. The molecule has 0 aliphatic carbocycles. The van der Waals surface area contributed by atoms with Crippen LogP contribution in [0.15, 0.2) is 48.5 Å². The van der Waals surface area contributed by atoms with Gasteiger partial charge in [0, 0.05) is 11.5 Å². The molecule has 6 nitrogen and oxygen atoms in total. The van der Waals surface area contributed by atoms with Crippen LogP contribution in [0.1, 0.15) is 35.2 Å². The van der Waals surface area contributed by atoms with E-state index in [4.69, 9.17) is 14.6 Å². The molecule has 0 spiro atoms. The number of hydrogen-bond acceptors (Lipinski definition) is 4. The topological polar surface area (TPSA) is 84.9 Å². The van der Waals surface area contributed by atoms with Crippen molar-refractivity contribution in [3.63, 3.8) is 0 Å². The molecule has 0 aromatic heterocycles. The van der Waals surface area contributed by atoms with E-state index in [1.807, 2.05) is 24.3 Å². The number of aromatic carboxylic acids is 1. The van der Waals surface area contributed by atoms with Gasteiger partial charge in [0.25, 0.3) is 0 Å². The Hall–Kier alpha value is -3.02. The van der Waals surface area contributed by atoms with Crippen molar-refractivity contribution in [2.45, 2.75) is 25.4 Å². The molecule has 0 unspecified atom stereocenters. The summed E-state index contributed by atoms with van der Waals surface area (Å²) in [5.74, 6) is 0.377. The summed E-state index contributed by atoms with van der Waals surface area (Å²) in [6.45, 7) is 2.66. The van der Waals surface area contributed by atoms with E-state index in [-0.39, 0.29) is 36.5 Å². The molecule has 0 saturated carbocycles. The van der Waals surface area contributed by atoms with Crippen molar-refractivity contribution in [2.24, 2.45) is 0 Å². The van der Waals surface area contributed by atoms with Crippen molar-refractivity contribution in [3.8, 4) is 11.5 Å². The molecule has 2 N–H and O–H groups in total. The number of fused-ring (bicyclic) bond motifs is 1. The number of carboxylic acids is 1. The smallest absolute Gasteiger partial charge is 0.335 e. The average Bonchev–Trinajstić information content (AvgIpc) is 2.95. The van der Waals surface area contributed by atoms with Gasteiger partial charge in [0.1, 0.15) is 24.2 Å². The third-order valence-electron chi connectivity index (χ3n) is 4.41. The first-order chi connectivity index (χ1) is 12.5. The SMILES string of the molecule is C[C@H]1c2ccccc2O[C@H]1CC(=O)NCCOc1cccc(C(=O)O)c1. The van der Waals surface area contributed by atoms with Crippen LogP contribution in [0.2, 0.25) is 0 Å². The number of amides is 1. The highest BCUT2D eigenvalue weighted by molar-refractivity contribution is 5.88. The first-order valence-electron chi connectivity index (χ1n) is 8.53. The van der Waals surface area contributed by atoms with Crippen molar-refractivity contribution < 1.29 is 24.2 Å². The van der Waals surface area contributed by atoms with Crippen LogP contribution in [0.5, 0.6) is 11.5 Å². The number of para-hydroxylation sites is 1. The number of hydrogen-bond donors (Lipinski definition) is 2. The van der Waals surface area contributed by atoms with Crippen LogP contribution in [-0.2, 0) is 4.79 Å². The predicted octanol–water partition coefficient (Wildman–Crippen LogP) is 2.83. The van der Waals surface area contributed by atoms with Gasteiger partial charge in [0.2, 0.25) is 5.91 Å². The third-order valence-corrected chi connectivity index (χ3v) is 4.41. The van der Waals surface area contributed by atoms with Gasteiger partial charge < -0.3 is 19.9 Å². The van der Waals surface area contributed by atoms with E-state index in [0.717, 1.165) is 11.3 Å². The van der Waals surface area contributed by atoms with Gasteiger partial charge in [-0.2, -0.15) is 0 Å². The number of benzene rings is 2. The van der Waals surface area contributed by atoms with Crippen molar-refractivity contribution >= 4 is 11.9 Å². The summed E-state index contributed by atoms with van der Waals surface area (Å²) in [7, 11) is 0. The predicted molar refractivity (Wildman–Crippen MR) is 95.8 cm³/mol. The van der Waals surface area contributed by atoms with Gasteiger partial charge in [-0.3, -0.25) is 4.79 Å². The summed E-state index contributed by atoms with van der Waals surface area (Å²) in [4.78, 5) is 23.0. The van der Waals surface area contributed by atoms with E-state index >= 15 is 0 Å². The van der Waals surface area contributed by atoms with Crippen LogP contribution in [0.25, 0.3) is 0 Å². The molecule has 0 radical (unpaired) electrons. The lowest BCUT2D eigenvalue weighted by atomic mass is 9.95. The summed E-state index contributed by atoms with van der Waals surface area (Å²) in [5, 5.41) is 11.8. The second-order valence-electron chi connectivity index (χ2n) is 6.22. The minimum atomic E-state index is -1.00. The van der Waals surface area contributed by atoms with Crippen LogP contribution >= 0.6 is 0 Å². The van der Waals surface area contributed by atoms with E-state index < -0.39 is 5.97 Å². The summed E-state index contributed by atoms with van der Waals surface area (Å²) >= 11 is 0. The number of carbonyl (C=O) groups is 2. The van der Waals surface area contributed by atoms with Gasteiger partial charge in [-0.25, -0.2) is 4.79 Å². The van der Waals surface area contributed by atoms with Gasteiger partial charge in [0.05, 0.1) is 18.5 Å². The Morgan fingerprint density at radius 2 is 2.00 bits per heavy atom. The minimum Gasteiger partial charge on any atom is -0.492 e. The molecule has 0 bridgehead atoms. The molecule has 0 fully saturated rings. The Labute approximate surface area is 151 Å². The van der Waals surface area contributed by atoms with Gasteiger partial charge in [-0.1, -0.05) is 31.2 Å². The van der Waals surface area contributed by atoms with Crippen LogP contribution in [0.3, 0.4) is 0 Å². The van der Waals surface area contributed by atoms with E-state index in [1.54, 1.807) is 12.1 Å². The fraction of sp³-hybridized carbons (Fsp3) is 0.300. The Kier molecular flexibility index (Phi) is 5.41. The molecule has 1 heterocycles. The van der Waals surface area contributed by atoms with Crippen LogP contribution in [-0.4, -0.2) is 36.2 Å². The Bertz CT molecular complexity index is 804. The molecule has 2 aromatic rings. The van der Waals surface area contributed by atoms with Crippen LogP contribution in [0, 0.1) is 0 Å². The quantitative estimate of drug-likeness (QED) is 0.746. The van der Waals surface area contributed by atoms with Crippen molar-refractivity contribution in [1.82, 2.24) is 5.32 Å². The largest absolute Gasteiger partial charge is 0.492 e. The molecule has 3 rings (SSSR count). The van der Waals surface area contributed by atoms with Gasteiger partial charge >= 0.3 is 5.97 Å². The average molecular weight is 355 g/mol. The highest BCUT2D eigenvalue weighted by Gasteiger charge is 2.31. The normalized spacial score (nSPS) is 17.9. The van der Waals surface area contributed by atoms with Crippen molar-refractivity contribution in [1.29, 1.82) is 0 Å². The minimum absolute atomic E-state index is 0.0995. The molecule has 26 heavy (non-hydrogen) atoms. The van der Waals surface area contributed by atoms with E-state index in [0.29, 0.717) is 12.3 Å². The first kappa shape index (κ1) is 17.8. The standard InChI is InChI=1S/C20H21NO5/c1-13-16-7-2-3-8-17(16)26-18(13)12-19(22)21-9-10-25-15-6-4-5-14(11-15)20(23)24/h2-8,11,13,18H,9-10,12H2,1H3,(H,21,22)(H,23,24)/t13-,18-/m0/s1. The fourth-order valence-electron chi connectivity index (χ4n) is 2.98. The lowest BCUT2D eigenvalue weighted by Gasteiger charge is -2.15. The molecule has 2 aromatic carbocycles. The molecule has 1 aliphatic heterocycles. The highest BCUT2D eigenvalue weighted by atomic mass is 16.5. The zero-order chi connectivity index (χ0) is 18.5. The number of carbonyl (C=O) groups excluding carboxylic acids is 1. The molecule has 1 amide bonds. The third kappa shape index (κ3) is 4.14. The van der Waals surface area contributed by atoms with Crippen LogP contribution in [0.4, 0.5) is 0 Å². The van der Waals surface area contributed by atoms with Gasteiger partial charge in [-0.05, 0) is 24.3 Å². The molecule has 0 saturated heterocycles. The van der Waals surface area contributed by atoms with Crippen molar-refractivity contribution in [2.75, 3.05) is 13.2 Å². The second kappa shape index (κ2) is 7.91. The molecule has 2 atom stereocenters. The number of carboxylic acid groups (broad SMARTS) is 1. The monoisotopic (exact) mass is 355 g/mol. The Balaban J connectivity index is 1.41. The highest BCUT2D eigenvalue weighted by Crippen LogP contribution is 2.38. The zero-order valence-corrected chi connectivity index (χ0v) is 14.5.